The molecule has 0 aromatic carbocycles. The van der Waals surface area contributed by atoms with E-state index in [9.17, 15) is 0 Å². The maximum atomic E-state index is 3.93. The minimum absolute atomic E-state index is 0.627. The van der Waals surface area contributed by atoms with Crippen LogP contribution in [0.4, 0.5) is 0 Å². The average molecular weight is 237 g/mol. The molecule has 0 radical (unpaired) electrons. The summed E-state index contributed by atoms with van der Waals surface area (Å²) in [6, 6.07) is 0.788. The maximum absolute atomic E-state index is 3.93. The lowest BCUT2D eigenvalue weighted by Crippen LogP contribution is -2.48. The third-order valence-corrected chi connectivity index (χ3v) is 5.37. The van der Waals surface area contributed by atoms with Gasteiger partial charge < -0.3 is 5.32 Å². The Hall–Kier alpha value is -0.0400. The summed E-state index contributed by atoms with van der Waals surface area (Å²) in [5, 5.41) is 3.93. The molecule has 2 fully saturated rings. The van der Waals surface area contributed by atoms with Crippen LogP contribution in [0.15, 0.2) is 0 Å². The monoisotopic (exact) mass is 237 g/mol. The van der Waals surface area contributed by atoms with Crippen LogP contribution in [-0.2, 0) is 0 Å². The number of hydrogen-bond acceptors (Lipinski definition) is 1. The van der Waals surface area contributed by atoms with Crippen molar-refractivity contribution in [3.8, 4) is 0 Å². The zero-order valence-electron chi connectivity index (χ0n) is 12.3. The van der Waals surface area contributed by atoms with Crippen molar-refractivity contribution in [2.45, 2.75) is 72.3 Å². The van der Waals surface area contributed by atoms with Crippen molar-refractivity contribution in [3.05, 3.63) is 0 Å². The van der Waals surface area contributed by atoms with Crippen LogP contribution in [0.3, 0.4) is 0 Å². The van der Waals surface area contributed by atoms with E-state index in [4.69, 9.17) is 0 Å². The van der Waals surface area contributed by atoms with Crippen molar-refractivity contribution < 1.29 is 0 Å². The van der Waals surface area contributed by atoms with Crippen LogP contribution < -0.4 is 5.32 Å². The van der Waals surface area contributed by atoms with Crippen LogP contribution >= 0.6 is 0 Å². The normalized spacial score (nSPS) is 36.9. The van der Waals surface area contributed by atoms with Gasteiger partial charge in [-0.2, -0.15) is 0 Å². The summed E-state index contributed by atoms with van der Waals surface area (Å²) in [7, 11) is 0. The second-order valence-electron chi connectivity index (χ2n) is 7.48. The van der Waals surface area contributed by atoms with Gasteiger partial charge in [-0.05, 0) is 48.9 Å². The molecule has 100 valence electrons. The molecule has 0 heterocycles. The maximum Gasteiger partial charge on any atom is 0.0100 e. The Labute approximate surface area is 108 Å². The predicted molar refractivity (Wildman–Crippen MR) is 75.1 cm³/mol. The summed E-state index contributed by atoms with van der Waals surface area (Å²) in [6.07, 6.45) is 8.61. The van der Waals surface area contributed by atoms with Crippen molar-refractivity contribution in [3.63, 3.8) is 0 Å². The van der Waals surface area contributed by atoms with E-state index in [0.29, 0.717) is 5.41 Å². The molecule has 2 aliphatic rings. The van der Waals surface area contributed by atoms with Gasteiger partial charge in [0.05, 0.1) is 0 Å². The molecule has 0 saturated heterocycles. The van der Waals surface area contributed by atoms with Crippen molar-refractivity contribution in [2.75, 3.05) is 6.54 Å². The topological polar surface area (TPSA) is 12.0 Å². The highest BCUT2D eigenvalue weighted by atomic mass is 14.9. The summed E-state index contributed by atoms with van der Waals surface area (Å²) < 4.78 is 0. The van der Waals surface area contributed by atoms with Gasteiger partial charge in [-0.25, -0.2) is 0 Å². The summed E-state index contributed by atoms with van der Waals surface area (Å²) in [6.45, 7) is 10.9. The number of hydrogen-bond donors (Lipinski definition) is 1. The lowest BCUT2D eigenvalue weighted by atomic mass is 9.69. The zero-order chi connectivity index (χ0) is 12.5. The fourth-order valence-electron chi connectivity index (χ4n) is 3.77. The van der Waals surface area contributed by atoms with E-state index < -0.39 is 0 Å². The summed E-state index contributed by atoms with van der Waals surface area (Å²) >= 11 is 0. The molecule has 2 aliphatic carbocycles. The smallest absolute Gasteiger partial charge is 0.0100 e. The minimum atomic E-state index is 0.627. The van der Waals surface area contributed by atoms with Crippen LogP contribution in [0, 0.1) is 23.2 Å². The third kappa shape index (κ3) is 3.24. The van der Waals surface area contributed by atoms with Crippen LogP contribution in [0.1, 0.15) is 66.2 Å². The van der Waals surface area contributed by atoms with Gasteiger partial charge in [0.2, 0.25) is 0 Å². The fraction of sp³-hybridized carbons (Fsp3) is 1.00. The van der Waals surface area contributed by atoms with Crippen molar-refractivity contribution in [1.82, 2.24) is 5.32 Å². The Bertz CT molecular complexity index is 242. The molecule has 1 heteroatoms. The Morgan fingerprint density at radius 3 is 2.47 bits per heavy atom. The van der Waals surface area contributed by atoms with E-state index in [-0.39, 0.29) is 0 Å². The quantitative estimate of drug-likeness (QED) is 0.771. The first-order chi connectivity index (χ1) is 8.00. The molecule has 1 N–H and O–H groups in total. The summed E-state index contributed by atoms with van der Waals surface area (Å²) in [5.41, 5.74) is 0.627. The Kier molecular flexibility index (Phi) is 4.18. The molecule has 0 aromatic rings. The molecule has 3 unspecified atom stereocenters. The second kappa shape index (κ2) is 5.30. The largest absolute Gasteiger partial charge is 0.313 e. The van der Waals surface area contributed by atoms with E-state index in [2.05, 4.69) is 33.0 Å². The van der Waals surface area contributed by atoms with E-state index in [1.807, 2.05) is 0 Å². The van der Waals surface area contributed by atoms with Gasteiger partial charge in [0.15, 0.2) is 0 Å². The molecular formula is C16H31N. The molecule has 0 aliphatic heterocycles. The number of rotatable bonds is 4. The fourth-order valence-corrected chi connectivity index (χ4v) is 3.77. The molecular weight excluding hydrogens is 206 g/mol. The zero-order valence-corrected chi connectivity index (χ0v) is 12.3. The van der Waals surface area contributed by atoms with Crippen molar-refractivity contribution in [2.24, 2.45) is 23.2 Å². The highest BCUT2D eigenvalue weighted by Crippen LogP contribution is 2.40. The van der Waals surface area contributed by atoms with Crippen LogP contribution in [0.25, 0.3) is 0 Å². The standard InChI is InChI=1S/C16H31N/c1-12(2)14-7-6-13(3)10-15(14)17-11-16(4)8-5-9-16/h12-15,17H,5-11H2,1-4H3. The Morgan fingerprint density at radius 1 is 1.24 bits per heavy atom. The second-order valence-corrected chi connectivity index (χ2v) is 7.48. The Morgan fingerprint density at radius 2 is 1.94 bits per heavy atom. The average Bonchev–Trinajstić information content (AvgIpc) is 2.23. The molecule has 2 saturated carbocycles. The summed E-state index contributed by atoms with van der Waals surface area (Å²) in [5.74, 6) is 2.68. The highest BCUT2D eigenvalue weighted by Gasteiger charge is 2.35. The van der Waals surface area contributed by atoms with Gasteiger partial charge >= 0.3 is 0 Å². The predicted octanol–water partition coefficient (Wildman–Crippen LogP) is 4.23. The first kappa shape index (κ1) is 13.4. The number of nitrogens with one attached hydrogen (secondary N) is 1. The van der Waals surface area contributed by atoms with Crippen molar-refractivity contribution >= 4 is 0 Å². The molecule has 2 rings (SSSR count). The van der Waals surface area contributed by atoms with Gasteiger partial charge in [0, 0.05) is 12.6 Å². The third-order valence-electron chi connectivity index (χ3n) is 5.37. The SMILES string of the molecule is CC1CCC(C(C)C)C(NCC2(C)CCC2)C1. The molecule has 0 bridgehead atoms. The molecule has 0 amide bonds. The molecule has 1 nitrogen and oxygen atoms in total. The van der Waals surface area contributed by atoms with Crippen LogP contribution in [-0.4, -0.2) is 12.6 Å². The van der Waals surface area contributed by atoms with Gasteiger partial charge in [0.25, 0.3) is 0 Å². The first-order valence-electron chi connectivity index (χ1n) is 7.73. The van der Waals surface area contributed by atoms with Gasteiger partial charge in [-0.15, -0.1) is 0 Å². The Balaban J connectivity index is 1.86. The molecule has 0 aromatic heterocycles. The summed E-state index contributed by atoms with van der Waals surface area (Å²) in [4.78, 5) is 0. The van der Waals surface area contributed by atoms with Gasteiger partial charge in [-0.1, -0.05) is 40.5 Å². The molecule has 0 spiro atoms. The first-order valence-corrected chi connectivity index (χ1v) is 7.73. The highest BCUT2D eigenvalue weighted by molar-refractivity contribution is 4.90. The van der Waals surface area contributed by atoms with E-state index in [1.54, 1.807) is 0 Å². The molecule has 3 atom stereocenters. The molecule has 17 heavy (non-hydrogen) atoms. The van der Waals surface area contributed by atoms with E-state index >= 15 is 0 Å². The van der Waals surface area contributed by atoms with E-state index in [1.165, 1.54) is 45.1 Å². The van der Waals surface area contributed by atoms with Crippen molar-refractivity contribution in [1.29, 1.82) is 0 Å². The van der Waals surface area contributed by atoms with Gasteiger partial charge in [-0.3, -0.25) is 0 Å². The van der Waals surface area contributed by atoms with E-state index in [0.717, 1.165) is 23.8 Å². The van der Waals surface area contributed by atoms with Gasteiger partial charge in [0.1, 0.15) is 0 Å². The van der Waals surface area contributed by atoms with Crippen LogP contribution in [0.2, 0.25) is 0 Å². The lowest BCUT2D eigenvalue weighted by Gasteiger charge is -2.43. The van der Waals surface area contributed by atoms with Crippen LogP contribution in [0.5, 0.6) is 0 Å². The lowest BCUT2D eigenvalue weighted by molar-refractivity contribution is 0.114. The minimum Gasteiger partial charge on any atom is -0.313 e.